The molecule has 0 amide bonds. The van der Waals surface area contributed by atoms with E-state index in [4.69, 9.17) is 21.1 Å². The van der Waals surface area contributed by atoms with Gasteiger partial charge in [0.05, 0.1) is 17.7 Å². The van der Waals surface area contributed by atoms with Crippen molar-refractivity contribution in [3.63, 3.8) is 0 Å². The summed E-state index contributed by atoms with van der Waals surface area (Å²) in [5, 5.41) is -0.334. The van der Waals surface area contributed by atoms with E-state index in [0.717, 1.165) is 42.2 Å². The van der Waals surface area contributed by atoms with E-state index in [9.17, 15) is 18.0 Å². The van der Waals surface area contributed by atoms with Gasteiger partial charge in [-0.25, -0.2) is 4.79 Å². The van der Waals surface area contributed by atoms with Gasteiger partial charge in [0.25, 0.3) is 0 Å². The maximum atomic E-state index is 13.1. The highest BCUT2D eigenvalue weighted by Crippen LogP contribution is 2.39. The van der Waals surface area contributed by atoms with Crippen LogP contribution in [0.4, 0.5) is 13.2 Å². The summed E-state index contributed by atoms with van der Waals surface area (Å²) in [6.45, 7) is -0.118. The molecule has 0 heterocycles. The monoisotopic (exact) mass is 536 g/mol. The van der Waals surface area contributed by atoms with Crippen LogP contribution in [-0.2, 0) is 40.9 Å². The first-order valence-electron chi connectivity index (χ1n) is 11.3. The van der Waals surface area contributed by atoms with Crippen LogP contribution in [0, 0.1) is 0 Å². The van der Waals surface area contributed by atoms with Crippen LogP contribution in [0.15, 0.2) is 59.5 Å². The Labute approximate surface area is 216 Å². The summed E-state index contributed by atoms with van der Waals surface area (Å²) in [6, 6.07) is 15.2. The zero-order valence-electron chi connectivity index (χ0n) is 19.5. The van der Waals surface area contributed by atoms with Gasteiger partial charge in [0, 0.05) is 10.6 Å². The van der Waals surface area contributed by atoms with Crippen molar-refractivity contribution in [2.75, 3.05) is 13.7 Å². The molecule has 0 aromatic heterocycles. The molecule has 36 heavy (non-hydrogen) atoms. The second-order valence-corrected chi connectivity index (χ2v) is 9.70. The first-order chi connectivity index (χ1) is 17.2. The van der Waals surface area contributed by atoms with Crippen molar-refractivity contribution < 1.29 is 32.2 Å². The third kappa shape index (κ3) is 6.48. The Morgan fingerprint density at radius 3 is 2.58 bits per heavy atom. The number of fused-ring (bicyclic) bond motifs is 1. The van der Waals surface area contributed by atoms with Crippen LogP contribution in [0.3, 0.4) is 0 Å². The Morgan fingerprint density at radius 2 is 1.81 bits per heavy atom. The van der Waals surface area contributed by atoms with Crippen molar-refractivity contribution in [2.45, 2.75) is 42.7 Å². The number of hydrogen-bond acceptors (Lipinski definition) is 5. The minimum atomic E-state index is -4.52. The van der Waals surface area contributed by atoms with E-state index >= 15 is 0 Å². The summed E-state index contributed by atoms with van der Waals surface area (Å²) in [4.78, 5) is 12.6. The first kappa shape index (κ1) is 26.2. The maximum absolute atomic E-state index is 13.1. The molecule has 0 spiro atoms. The van der Waals surface area contributed by atoms with Gasteiger partial charge >= 0.3 is 12.1 Å². The van der Waals surface area contributed by atoms with Gasteiger partial charge in [0.15, 0.2) is 6.61 Å². The van der Waals surface area contributed by atoms with Gasteiger partial charge in [-0.2, -0.15) is 13.2 Å². The standard InChI is InChI=1S/C27H24ClF3O4S/c1-33-26(32)15-35-24-10-11-25(21-7-3-6-20(21)24)36-16-18-4-2-5-19(12-18)34-14-17-8-9-23(28)22(13-17)27(29,30)31/h2,4-5,8-13H,3,6-7,14-16H2,1H3. The number of halogens is 4. The Morgan fingerprint density at radius 1 is 1.00 bits per heavy atom. The molecule has 0 fully saturated rings. The third-order valence-electron chi connectivity index (χ3n) is 5.81. The molecule has 3 aromatic rings. The summed E-state index contributed by atoms with van der Waals surface area (Å²) in [6.07, 6.45) is -1.62. The lowest BCUT2D eigenvalue weighted by atomic mass is 10.1. The van der Waals surface area contributed by atoms with Crippen LogP contribution in [0.1, 0.15) is 34.2 Å². The molecule has 0 aliphatic heterocycles. The average Bonchev–Trinajstić information content (AvgIpc) is 3.36. The Kier molecular flexibility index (Phi) is 8.36. The number of ether oxygens (including phenoxy) is 3. The molecule has 1 aliphatic carbocycles. The van der Waals surface area contributed by atoms with Gasteiger partial charge in [-0.3, -0.25) is 0 Å². The van der Waals surface area contributed by atoms with Crippen molar-refractivity contribution >= 4 is 29.3 Å². The van der Waals surface area contributed by atoms with E-state index < -0.39 is 17.7 Å². The number of rotatable bonds is 9. The molecule has 4 rings (SSSR count). The zero-order valence-corrected chi connectivity index (χ0v) is 21.1. The molecule has 4 nitrogen and oxygen atoms in total. The van der Waals surface area contributed by atoms with Crippen molar-refractivity contribution in [3.8, 4) is 11.5 Å². The van der Waals surface area contributed by atoms with Gasteiger partial charge in [-0.05, 0) is 77.9 Å². The Balaban J connectivity index is 1.39. The lowest BCUT2D eigenvalue weighted by Crippen LogP contribution is -2.13. The molecule has 0 bridgehead atoms. The largest absolute Gasteiger partial charge is 0.489 e. The number of esters is 1. The first-order valence-corrected chi connectivity index (χ1v) is 12.7. The predicted octanol–water partition coefficient (Wildman–Crippen LogP) is 7.27. The van der Waals surface area contributed by atoms with Gasteiger partial charge in [0.2, 0.25) is 0 Å². The number of carbonyl (C=O) groups excluding carboxylic acids is 1. The van der Waals surface area contributed by atoms with Crippen LogP contribution in [0.25, 0.3) is 0 Å². The second-order valence-electron chi connectivity index (χ2n) is 8.27. The smallest absolute Gasteiger partial charge is 0.417 e. The number of alkyl halides is 3. The van der Waals surface area contributed by atoms with Gasteiger partial charge in [0.1, 0.15) is 18.1 Å². The van der Waals surface area contributed by atoms with Crippen molar-refractivity contribution in [2.24, 2.45) is 0 Å². The lowest BCUT2D eigenvalue weighted by Gasteiger charge is -2.14. The van der Waals surface area contributed by atoms with E-state index in [1.807, 2.05) is 30.3 Å². The molecule has 0 saturated heterocycles. The minimum Gasteiger partial charge on any atom is -0.489 e. The summed E-state index contributed by atoms with van der Waals surface area (Å²) >= 11 is 7.40. The lowest BCUT2D eigenvalue weighted by molar-refractivity contribution is -0.143. The van der Waals surface area contributed by atoms with E-state index in [1.54, 1.807) is 17.8 Å². The van der Waals surface area contributed by atoms with E-state index in [0.29, 0.717) is 17.1 Å². The van der Waals surface area contributed by atoms with Crippen LogP contribution in [0.5, 0.6) is 11.5 Å². The number of methoxy groups -OCH3 is 1. The zero-order chi connectivity index (χ0) is 25.7. The van der Waals surface area contributed by atoms with E-state index in [-0.39, 0.29) is 18.2 Å². The Bertz CT molecular complexity index is 1250. The molecular formula is C27H24ClF3O4S. The van der Waals surface area contributed by atoms with Crippen molar-refractivity contribution in [3.05, 3.63) is 87.4 Å². The molecule has 0 radical (unpaired) electrons. The molecule has 9 heteroatoms. The summed E-state index contributed by atoms with van der Waals surface area (Å²) < 4.78 is 55.4. The molecule has 190 valence electrons. The summed E-state index contributed by atoms with van der Waals surface area (Å²) in [7, 11) is 1.33. The highest BCUT2D eigenvalue weighted by molar-refractivity contribution is 7.98. The van der Waals surface area contributed by atoms with E-state index in [2.05, 4.69) is 4.74 Å². The molecule has 0 N–H and O–H groups in total. The van der Waals surface area contributed by atoms with Gasteiger partial charge < -0.3 is 14.2 Å². The summed E-state index contributed by atoms with van der Waals surface area (Å²) in [5.74, 6) is 1.58. The maximum Gasteiger partial charge on any atom is 0.417 e. The molecular weight excluding hydrogens is 513 g/mol. The summed E-state index contributed by atoms with van der Waals surface area (Å²) in [5.41, 5.74) is 2.93. The van der Waals surface area contributed by atoms with Crippen molar-refractivity contribution in [1.29, 1.82) is 0 Å². The molecule has 0 unspecified atom stereocenters. The predicted molar refractivity (Wildman–Crippen MR) is 133 cm³/mol. The second kappa shape index (κ2) is 11.5. The van der Waals surface area contributed by atoms with Crippen LogP contribution in [-0.4, -0.2) is 19.7 Å². The number of hydrogen-bond donors (Lipinski definition) is 0. The minimum absolute atomic E-state index is 0.00259. The molecule has 3 aromatic carbocycles. The quantitative estimate of drug-likeness (QED) is 0.212. The number of benzene rings is 3. The fourth-order valence-corrected chi connectivity index (χ4v) is 5.33. The highest BCUT2D eigenvalue weighted by Gasteiger charge is 2.33. The van der Waals surface area contributed by atoms with Crippen molar-refractivity contribution in [1.82, 2.24) is 0 Å². The normalized spacial score (nSPS) is 12.8. The van der Waals surface area contributed by atoms with Crippen LogP contribution < -0.4 is 9.47 Å². The third-order valence-corrected chi connectivity index (χ3v) is 7.31. The molecule has 0 atom stereocenters. The van der Waals surface area contributed by atoms with Crippen LogP contribution >= 0.6 is 23.4 Å². The molecule has 0 saturated carbocycles. The fourth-order valence-electron chi connectivity index (χ4n) is 4.04. The highest BCUT2D eigenvalue weighted by atomic mass is 35.5. The SMILES string of the molecule is COC(=O)COc1ccc(SCc2cccc(OCc3ccc(Cl)c(C(F)(F)F)c3)c2)c2c1CCC2. The van der Waals surface area contributed by atoms with Gasteiger partial charge in [-0.1, -0.05) is 29.8 Å². The average molecular weight is 537 g/mol. The topological polar surface area (TPSA) is 44.8 Å². The Hall–Kier alpha value is -2.84. The van der Waals surface area contributed by atoms with Gasteiger partial charge in [-0.15, -0.1) is 11.8 Å². The van der Waals surface area contributed by atoms with Crippen LogP contribution in [0.2, 0.25) is 5.02 Å². The fraction of sp³-hybridized carbons (Fsp3) is 0.296. The molecule has 1 aliphatic rings. The number of thioether (sulfide) groups is 1. The van der Waals surface area contributed by atoms with E-state index in [1.165, 1.54) is 29.7 Å². The number of carbonyl (C=O) groups is 1.